The second kappa shape index (κ2) is 6.40. The largest absolute Gasteiger partial charge is 0.288 e. The van der Waals surface area contributed by atoms with Crippen LogP contribution in [0.3, 0.4) is 0 Å². The molecule has 25 heavy (non-hydrogen) atoms. The number of pyridine rings is 1. The van der Waals surface area contributed by atoms with E-state index in [4.69, 9.17) is 4.99 Å². The Morgan fingerprint density at radius 3 is 2.96 bits per heavy atom. The zero-order valence-corrected chi connectivity index (χ0v) is 14.7. The molecule has 0 saturated heterocycles. The summed E-state index contributed by atoms with van der Waals surface area (Å²) in [7, 11) is 0. The zero-order chi connectivity index (χ0) is 17.4. The molecule has 3 aliphatic carbocycles. The summed E-state index contributed by atoms with van der Waals surface area (Å²) in [6, 6.07) is 10.5. The number of carbonyl (C=O) groups is 1. The van der Waals surface area contributed by atoms with Crippen molar-refractivity contribution in [1.82, 2.24) is 4.98 Å². The first-order valence-electron chi connectivity index (χ1n) is 9.05. The van der Waals surface area contributed by atoms with E-state index >= 15 is 0 Å². The predicted octanol–water partition coefficient (Wildman–Crippen LogP) is 5.03. The van der Waals surface area contributed by atoms with Gasteiger partial charge in [0.25, 0.3) is 0 Å². The van der Waals surface area contributed by atoms with Crippen LogP contribution in [0.15, 0.2) is 53.7 Å². The van der Waals surface area contributed by atoms with Crippen molar-refractivity contribution in [2.45, 2.75) is 39.0 Å². The third-order valence-electron chi connectivity index (χ3n) is 5.25. The van der Waals surface area contributed by atoms with Gasteiger partial charge in [-0.15, -0.1) is 0 Å². The number of aliphatic imine (C=N–C) groups is 1. The van der Waals surface area contributed by atoms with Crippen LogP contribution in [0.5, 0.6) is 0 Å². The van der Waals surface area contributed by atoms with Gasteiger partial charge in [0.2, 0.25) is 5.78 Å². The Balaban J connectivity index is 1.85. The SMILES string of the molecule is CCC1CC(C)Cc2ccc1c(N=C1C=CC(=O)c3ncccc31)c2. The lowest BCUT2D eigenvalue weighted by atomic mass is 9.80. The number of allylic oxidation sites excluding steroid dienone is 2. The molecule has 0 amide bonds. The maximum atomic E-state index is 12.0. The molecule has 1 aromatic carbocycles. The molecule has 126 valence electrons. The number of benzene rings is 1. The van der Waals surface area contributed by atoms with Gasteiger partial charge in [0.15, 0.2) is 0 Å². The number of ketones is 1. The minimum atomic E-state index is -0.0510. The summed E-state index contributed by atoms with van der Waals surface area (Å²) in [4.78, 5) is 21.3. The van der Waals surface area contributed by atoms with E-state index in [9.17, 15) is 4.79 Å². The Kier molecular flexibility index (Phi) is 4.08. The van der Waals surface area contributed by atoms with Crippen molar-refractivity contribution in [3.8, 4) is 0 Å². The molecule has 0 spiro atoms. The van der Waals surface area contributed by atoms with E-state index in [0.29, 0.717) is 17.5 Å². The summed E-state index contributed by atoms with van der Waals surface area (Å²) in [5, 5.41) is 0. The summed E-state index contributed by atoms with van der Waals surface area (Å²) in [5.74, 6) is 1.18. The highest BCUT2D eigenvalue weighted by Gasteiger charge is 2.23. The van der Waals surface area contributed by atoms with Gasteiger partial charge >= 0.3 is 0 Å². The van der Waals surface area contributed by atoms with Crippen LogP contribution in [-0.4, -0.2) is 16.5 Å². The minimum Gasteiger partial charge on any atom is -0.288 e. The van der Waals surface area contributed by atoms with Crippen LogP contribution in [0.2, 0.25) is 0 Å². The van der Waals surface area contributed by atoms with Gasteiger partial charge in [-0.05, 0) is 72.6 Å². The number of hydrogen-bond acceptors (Lipinski definition) is 3. The Bertz CT molecular complexity index is 895. The van der Waals surface area contributed by atoms with Crippen molar-refractivity contribution < 1.29 is 4.79 Å². The number of rotatable bonds is 2. The van der Waals surface area contributed by atoms with E-state index in [-0.39, 0.29) is 5.78 Å². The van der Waals surface area contributed by atoms with Crippen molar-refractivity contribution in [3.05, 3.63) is 71.1 Å². The number of aromatic nitrogens is 1. The van der Waals surface area contributed by atoms with Gasteiger partial charge in [-0.25, -0.2) is 4.99 Å². The molecule has 0 fully saturated rings. The Labute approximate surface area is 148 Å². The average Bonchev–Trinajstić information content (AvgIpc) is 2.61. The second-order valence-corrected chi connectivity index (χ2v) is 7.14. The summed E-state index contributed by atoms with van der Waals surface area (Å²) in [6.45, 7) is 4.59. The molecule has 0 N–H and O–H groups in total. The Morgan fingerprint density at radius 1 is 1.24 bits per heavy atom. The highest BCUT2D eigenvalue weighted by molar-refractivity contribution is 6.23. The van der Waals surface area contributed by atoms with Gasteiger partial charge in [-0.1, -0.05) is 26.0 Å². The van der Waals surface area contributed by atoms with E-state index in [2.05, 4.69) is 37.0 Å². The smallest absolute Gasteiger partial charge is 0.204 e. The first-order valence-corrected chi connectivity index (χ1v) is 9.05. The van der Waals surface area contributed by atoms with E-state index < -0.39 is 0 Å². The third kappa shape index (κ3) is 2.95. The Hall–Kier alpha value is -2.55. The van der Waals surface area contributed by atoms with Gasteiger partial charge in [-0.3, -0.25) is 9.78 Å². The highest BCUT2D eigenvalue weighted by Crippen LogP contribution is 2.38. The van der Waals surface area contributed by atoms with E-state index in [1.807, 2.05) is 18.2 Å². The fourth-order valence-electron chi connectivity index (χ4n) is 4.00. The van der Waals surface area contributed by atoms with Gasteiger partial charge in [-0.2, -0.15) is 0 Å². The molecule has 3 heteroatoms. The van der Waals surface area contributed by atoms with Crippen LogP contribution >= 0.6 is 0 Å². The maximum Gasteiger partial charge on any atom is 0.204 e. The number of hydrogen-bond donors (Lipinski definition) is 0. The van der Waals surface area contributed by atoms with Gasteiger partial charge in [0.05, 0.1) is 11.4 Å². The van der Waals surface area contributed by atoms with Gasteiger partial charge in [0, 0.05) is 11.8 Å². The molecule has 0 aliphatic heterocycles. The molecule has 2 aromatic rings. The highest BCUT2D eigenvalue weighted by atomic mass is 16.1. The molecule has 2 atom stereocenters. The number of fused-ring (bicyclic) bond motifs is 6. The van der Waals surface area contributed by atoms with Crippen molar-refractivity contribution in [2.75, 3.05) is 0 Å². The maximum absolute atomic E-state index is 12.0. The van der Waals surface area contributed by atoms with Crippen molar-refractivity contribution in [3.63, 3.8) is 0 Å². The summed E-state index contributed by atoms with van der Waals surface area (Å²) in [5.41, 5.74) is 5.84. The van der Waals surface area contributed by atoms with Crippen LogP contribution in [0.1, 0.15) is 59.8 Å². The van der Waals surface area contributed by atoms with Gasteiger partial charge in [0.1, 0.15) is 5.69 Å². The fourth-order valence-corrected chi connectivity index (χ4v) is 4.00. The molecule has 0 radical (unpaired) electrons. The lowest BCUT2D eigenvalue weighted by Gasteiger charge is -2.26. The molecule has 3 nitrogen and oxygen atoms in total. The van der Waals surface area contributed by atoms with Crippen LogP contribution in [0.25, 0.3) is 0 Å². The molecule has 2 bridgehead atoms. The quantitative estimate of drug-likeness (QED) is 0.775. The number of carbonyl (C=O) groups excluding carboxylic acids is 1. The van der Waals surface area contributed by atoms with Crippen LogP contribution in [0.4, 0.5) is 5.69 Å². The van der Waals surface area contributed by atoms with Gasteiger partial charge < -0.3 is 0 Å². The number of nitrogens with zero attached hydrogens (tertiary/aromatic N) is 2. The summed E-state index contributed by atoms with van der Waals surface area (Å²) >= 11 is 0. The molecular formula is C22H22N2O. The summed E-state index contributed by atoms with van der Waals surface area (Å²) < 4.78 is 0. The summed E-state index contributed by atoms with van der Waals surface area (Å²) in [6.07, 6.45) is 8.47. The lowest BCUT2D eigenvalue weighted by molar-refractivity contribution is 0.104. The standard InChI is InChI=1S/C22H22N2O/c1-3-16-12-14(2)11-15-6-7-17(16)20(13-15)24-19-8-9-21(25)22-18(19)5-4-10-23-22/h4-10,13-14,16H,3,11-12H2,1-2H3. The average molecular weight is 330 g/mol. The van der Waals surface area contributed by atoms with Crippen LogP contribution in [-0.2, 0) is 6.42 Å². The minimum absolute atomic E-state index is 0.0510. The first-order chi connectivity index (χ1) is 12.2. The van der Waals surface area contributed by atoms with Crippen molar-refractivity contribution in [2.24, 2.45) is 10.9 Å². The molecule has 1 aromatic heterocycles. The molecule has 5 rings (SSSR count). The molecule has 0 saturated carbocycles. The zero-order valence-electron chi connectivity index (χ0n) is 14.7. The predicted molar refractivity (Wildman–Crippen MR) is 101 cm³/mol. The van der Waals surface area contributed by atoms with Crippen molar-refractivity contribution in [1.29, 1.82) is 0 Å². The lowest BCUT2D eigenvalue weighted by Crippen LogP contribution is -2.15. The van der Waals surface area contributed by atoms with E-state index in [1.54, 1.807) is 12.3 Å². The third-order valence-corrected chi connectivity index (χ3v) is 5.25. The van der Waals surface area contributed by atoms with E-state index in [1.165, 1.54) is 17.5 Å². The molecule has 1 heterocycles. The van der Waals surface area contributed by atoms with Crippen LogP contribution in [0, 0.1) is 5.92 Å². The topological polar surface area (TPSA) is 42.3 Å². The van der Waals surface area contributed by atoms with E-state index in [0.717, 1.165) is 29.8 Å². The first kappa shape index (κ1) is 15.9. The normalized spacial score (nSPS) is 23.4. The molecular weight excluding hydrogens is 308 g/mol. The molecule has 2 unspecified atom stereocenters. The second-order valence-electron chi connectivity index (χ2n) is 7.14. The Morgan fingerprint density at radius 2 is 2.12 bits per heavy atom. The fraction of sp³-hybridized carbons (Fsp3) is 0.318. The van der Waals surface area contributed by atoms with Crippen LogP contribution < -0.4 is 0 Å². The monoisotopic (exact) mass is 330 g/mol. The van der Waals surface area contributed by atoms with Crippen molar-refractivity contribution >= 4 is 17.2 Å². The molecule has 3 aliphatic rings.